The fourth-order valence-corrected chi connectivity index (χ4v) is 8.20. The van der Waals surface area contributed by atoms with Gasteiger partial charge in [0.1, 0.15) is 30.5 Å². The van der Waals surface area contributed by atoms with Crippen LogP contribution in [-0.2, 0) is 16.4 Å². The number of halogens is 1. The lowest BCUT2D eigenvalue weighted by Gasteiger charge is -2.43. The van der Waals surface area contributed by atoms with Gasteiger partial charge in [0.2, 0.25) is 16.0 Å². The van der Waals surface area contributed by atoms with Crippen molar-refractivity contribution < 1.29 is 22.6 Å². The zero-order valence-corrected chi connectivity index (χ0v) is 32.2. The van der Waals surface area contributed by atoms with Crippen LogP contribution in [0.4, 0.5) is 34.5 Å². The molecule has 0 amide bonds. The number of aryl methyl sites for hydroxylation is 1. The highest BCUT2D eigenvalue weighted by molar-refractivity contribution is 9.10. The molecule has 0 spiro atoms. The Morgan fingerprint density at radius 1 is 1.04 bits per heavy atom. The van der Waals surface area contributed by atoms with Gasteiger partial charge in [-0.25, -0.2) is 13.4 Å². The number of piperidine rings is 1. The molecule has 3 aliphatic heterocycles. The molecular weight excluding hydrogens is 724 g/mol. The average Bonchev–Trinajstić information content (AvgIpc) is 3.12. The smallest absolute Gasteiger partial charge is 0.237 e. The molecule has 6 rings (SSSR count). The zero-order chi connectivity index (χ0) is 35.6. The fourth-order valence-electron chi connectivity index (χ4n) is 6.84. The number of methoxy groups -OCH3 is 1. The lowest BCUT2D eigenvalue weighted by molar-refractivity contribution is 0.0982. The third kappa shape index (κ3) is 7.55. The van der Waals surface area contributed by atoms with Crippen LogP contribution in [0.2, 0.25) is 0 Å². The molecule has 272 valence electrons. The van der Waals surface area contributed by atoms with Crippen LogP contribution in [0.3, 0.4) is 0 Å². The summed E-state index contributed by atoms with van der Waals surface area (Å²) in [5.41, 5.74) is 4.01. The lowest BCUT2D eigenvalue weighted by Crippen LogP contribution is -2.52. The first kappa shape index (κ1) is 36.3. The van der Waals surface area contributed by atoms with E-state index >= 15 is 0 Å². The quantitative estimate of drug-likeness (QED) is 0.257. The first-order chi connectivity index (χ1) is 24.0. The highest BCUT2D eigenvalue weighted by Crippen LogP contribution is 2.47. The third-order valence-corrected chi connectivity index (χ3v) is 12.6. The second kappa shape index (κ2) is 15.4. The molecule has 2 N–H and O–H groups in total. The number of sulfonamides is 1. The van der Waals surface area contributed by atoms with Gasteiger partial charge in [-0.1, -0.05) is 6.92 Å². The molecule has 2 saturated heterocycles. The van der Waals surface area contributed by atoms with Gasteiger partial charge in [0.15, 0.2) is 11.5 Å². The van der Waals surface area contributed by atoms with Crippen molar-refractivity contribution in [2.75, 3.05) is 93.5 Å². The molecule has 3 aliphatic rings. The van der Waals surface area contributed by atoms with E-state index < -0.39 is 15.3 Å². The van der Waals surface area contributed by atoms with Gasteiger partial charge in [0, 0.05) is 70.3 Å². The Morgan fingerprint density at radius 3 is 2.44 bits per heavy atom. The molecule has 4 heterocycles. The van der Waals surface area contributed by atoms with Crippen LogP contribution in [0.25, 0.3) is 0 Å². The number of benzene rings is 2. The number of nitrogens with zero attached hydrogens (tertiary/aromatic N) is 6. The minimum atomic E-state index is -3.69. The minimum absolute atomic E-state index is 0.305. The van der Waals surface area contributed by atoms with Crippen LogP contribution in [0.5, 0.6) is 17.2 Å². The number of likely N-dealkylation sites (N-methyl/N-ethyl adjacent to an activating group) is 1. The molecule has 1 aromatic heterocycles. The second-order valence-electron chi connectivity index (χ2n) is 13.3. The van der Waals surface area contributed by atoms with E-state index in [1.165, 1.54) is 22.6 Å². The second-order valence-corrected chi connectivity index (χ2v) is 16.7. The van der Waals surface area contributed by atoms with E-state index in [1.54, 1.807) is 39.3 Å². The van der Waals surface area contributed by atoms with Crippen LogP contribution in [0, 0.1) is 0 Å². The molecular formula is C35H49BrN8O5S. The summed E-state index contributed by atoms with van der Waals surface area (Å²) >= 11 is 3.57. The van der Waals surface area contributed by atoms with Crippen molar-refractivity contribution in [2.45, 2.75) is 51.3 Å². The standard InChI is InChI=1S/C35H49BrN8O5S/c1-7-24-20-28(31(47-6)21-29(24)44-12-10-25(11-13-44)43-16-14-41(4)15-17-43)39-35-37-22-26(36)34(40-35)38-27-8-9-30-33(49-19-18-48-30)32(27)42(5)50(45,46)23(2)3/h8-9,20-23,25H,7,10-19H2,1-6H3,(H2,37,38,39,40). The molecule has 2 aromatic carbocycles. The first-order valence-corrected chi connectivity index (χ1v) is 19.6. The molecule has 0 atom stereocenters. The fraction of sp³-hybridized carbons (Fsp3) is 0.543. The molecule has 0 saturated carbocycles. The number of ether oxygens (including phenoxy) is 3. The molecule has 13 nitrogen and oxygen atoms in total. The maximum Gasteiger partial charge on any atom is 0.237 e. The first-order valence-electron chi connectivity index (χ1n) is 17.4. The topological polar surface area (TPSA) is 125 Å². The Bertz CT molecular complexity index is 1780. The van der Waals surface area contributed by atoms with Crippen molar-refractivity contribution in [1.29, 1.82) is 0 Å². The lowest BCUT2D eigenvalue weighted by atomic mass is 9.99. The van der Waals surface area contributed by atoms with Crippen molar-refractivity contribution in [3.8, 4) is 17.2 Å². The Balaban J connectivity index is 1.24. The van der Waals surface area contributed by atoms with Crippen molar-refractivity contribution in [3.63, 3.8) is 0 Å². The van der Waals surface area contributed by atoms with Gasteiger partial charge in [-0.3, -0.25) is 9.21 Å². The largest absolute Gasteiger partial charge is 0.494 e. The number of piperazine rings is 1. The summed E-state index contributed by atoms with van der Waals surface area (Å²) < 4.78 is 46.1. The van der Waals surface area contributed by atoms with E-state index in [2.05, 4.69) is 72.4 Å². The zero-order valence-electron chi connectivity index (χ0n) is 29.8. The van der Waals surface area contributed by atoms with Crippen LogP contribution in [0.1, 0.15) is 39.2 Å². The predicted octanol–water partition coefficient (Wildman–Crippen LogP) is 5.46. The van der Waals surface area contributed by atoms with Crippen LogP contribution >= 0.6 is 15.9 Å². The third-order valence-electron chi connectivity index (χ3n) is 9.86. The number of rotatable bonds is 11. The summed E-state index contributed by atoms with van der Waals surface area (Å²) in [6.45, 7) is 12.8. The molecule has 50 heavy (non-hydrogen) atoms. The molecule has 0 unspecified atom stereocenters. The van der Waals surface area contributed by atoms with Crippen LogP contribution in [-0.4, -0.2) is 113 Å². The molecule has 0 radical (unpaired) electrons. The van der Waals surface area contributed by atoms with Crippen LogP contribution in [0.15, 0.2) is 34.9 Å². The van der Waals surface area contributed by atoms with E-state index in [-0.39, 0.29) is 0 Å². The maximum atomic E-state index is 13.3. The number of nitrogens with one attached hydrogen (secondary N) is 2. The van der Waals surface area contributed by atoms with Crippen molar-refractivity contribution in [3.05, 3.63) is 40.5 Å². The number of fused-ring (bicyclic) bond motifs is 1. The molecule has 15 heteroatoms. The summed E-state index contributed by atoms with van der Waals surface area (Å²) in [6, 6.07) is 8.42. The number of aromatic nitrogens is 2. The molecule has 0 bridgehead atoms. The van der Waals surface area contributed by atoms with Crippen LogP contribution < -0.4 is 34.0 Å². The van der Waals surface area contributed by atoms with E-state index in [4.69, 9.17) is 19.2 Å². The Hall–Kier alpha value is -3.53. The summed E-state index contributed by atoms with van der Waals surface area (Å²) in [6.07, 6.45) is 4.82. The average molecular weight is 774 g/mol. The van der Waals surface area contributed by atoms with Gasteiger partial charge in [-0.05, 0) is 79.9 Å². The van der Waals surface area contributed by atoms with E-state index in [0.29, 0.717) is 64.1 Å². The highest BCUT2D eigenvalue weighted by Gasteiger charge is 2.32. The van der Waals surface area contributed by atoms with Gasteiger partial charge in [-0.15, -0.1) is 0 Å². The molecule has 0 aliphatic carbocycles. The van der Waals surface area contributed by atoms with Crippen molar-refractivity contribution in [2.24, 2.45) is 0 Å². The number of hydrogen-bond acceptors (Lipinski definition) is 12. The Labute approximate surface area is 304 Å². The highest BCUT2D eigenvalue weighted by atomic mass is 79.9. The predicted molar refractivity (Wildman–Crippen MR) is 203 cm³/mol. The van der Waals surface area contributed by atoms with Gasteiger partial charge < -0.3 is 34.6 Å². The van der Waals surface area contributed by atoms with Gasteiger partial charge >= 0.3 is 0 Å². The summed E-state index contributed by atoms with van der Waals surface area (Å²) in [5, 5.41) is 6.04. The minimum Gasteiger partial charge on any atom is -0.494 e. The molecule has 3 aromatic rings. The van der Waals surface area contributed by atoms with Gasteiger partial charge in [0.05, 0.1) is 28.2 Å². The molecule has 2 fully saturated rings. The monoisotopic (exact) mass is 772 g/mol. The van der Waals surface area contributed by atoms with Gasteiger partial charge in [0.25, 0.3) is 0 Å². The summed E-state index contributed by atoms with van der Waals surface area (Å²) in [7, 11) is 1.71. The Morgan fingerprint density at radius 2 is 1.76 bits per heavy atom. The van der Waals surface area contributed by atoms with E-state index in [1.807, 2.05) is 0 Å². The normalized spacial score (nSPS) is 17.6. The number of anilines is 6. The van der Waals surface area contributed by atoms with E-state index in [0.717, 1.165) is 64.2 Å². The van der Waals surface area contributed by atoms with Gasteiger partial charge in [-0.2, -0.15) is 4.98 Å². The van der Waals surface area contributed by atoms with E-state index in [9.17, 15) is 8.42 Å². The summed E-state index contributed by atoms with van der Waals surface area (Å²) in [4.78, 5) is 16.9. The number of hydrogen-bond donors (Lipinski definition) is 2. The summed E-state index contributed by atoms with van der Waals surface area (Å²) in [5.74, 6) is 2.32. The van der Waals surface area contributed by atoms with Crippen molar-refractivity contribution in [1.82, 2.24) is 19.8 Å². The maximum absolute atomic E-state index is 13.3. The van der Waals surface area contributed by atoms with Crippen molar-refractivity contribution >= 4 is 60.5 Å². The SMILES string of the molecule is CCc1cc(Nc2ncc(Br)c(Nc3ccc4c(c3N(C)S(=O)(=O)C(C)C)OCCO4)n2)c(OC)cc1N1CCC(N2CCN(C)CC2)CC1. The Kier molecular flexibility index (Phi) is 11.2.